The lowest BCUT2D eigenvalue weighted by molar-refractivity contribution is 0.459. The monoisotopic (exact) mass is 191 g/mol. The maximum atomic E-state index is 9.13. The predicted molar refractivity (Wildman–Crippen MR) is 55.9 cm³/mol. The summed E-state index contributed by atoms with van der Waals surface area (Å²) in [5, 5.41) is 16.4. The standard InChI is InChI=1S/C8H10BN3O2/c1-9(13)11-8-6-4-5(10)2-3-7(6)14-12-8/h2-4,13H,10H2,1H3,(H,11,12). The molecule has 6 heteroatoms. The van der Waals surface area contributed by atoms with Crippen molar-refractivity contribution in [1.29, 1.82) is 0 Å². The molecule has 0 amide bonds. The molecule has 0 saturated carbocycles. The molecule has 1 heterocycles. The third-order valence-electron chi connectivity index (χ3n) is 1.84. The molecule has 0 saturated heterocycles. The number of nitrogen functional groups attached to an aromatic ring is 1. The number of anilines is 2. The molecule has 0 fully saturated rings. The number of nitrogens with one attached hydrogen (secondary N) is 1. The van der Waals surface area contributed by atoms with Gasteiger partial charge in [0, 0.05) is 5.69 Å². The number of hydrogen-bond acceptors (Lipinski definition) is 5. The largest absolute Gasteiger partial charge is 0.433 e. The molecule has 2 aromatic rings. The Kier molecular flexibility index (Phi) is 2.05. The summed E-state index contributed by atoms with van der Waals surface area (Å²) >= 11 is 0. The van der Waals surface area contributed by atoms with Gasteiger partial charge in [0.25, 0.3) is 0 Å². The highest BCUT2D eigenvalue weighted by molar-refractivity contribution is 6.53. The van der Waals surface area contributed by atoms with Crippen LogP contribution < -0.4 is 11.0 Å². The van der Waals surface area contributed by atoms with Crippen LogP contribution in [0.3, 0.4) is 0 Å². The Morgan fingerprint density at radius 3 is 3.07 bits per heavy atom. The summed E-state index contributed by atoms with van der Waals surface area (Å²) in [6.07, 6.45) is 0. The lowest BCUT2D eigenvalue weighted by Crippen LogP contribution is -2.19. The highest BCUT2D eigenvalue weighted by Crippen LogP contribution is 2.24. The minimum absolute atomic E-state index is 0.502. The van der Waals surface area contributed by atoms with E-state index in [0.29, 0.717) is 17.1 Å². The second-order valence-corrected chi connectivity index (χ2v) is 3.11. The summed E-state index contributed by atoms with van der Waals surface area (Å²) in [4.78, 5) is 0. The molecule has 0 bridgehead atoms. The minimum Gasteiger partial charge on any atom is -0.433 e. The van der Waals surface area contributed by atoms with E-state index in [1.807, 2.05) is 0 Å². The average molecular weight is 191 g/mol. The van der Waals surface area contributed by atoms with E-state index in [1.165, 1.54) is 0 Å². The molecular weight excluding hydrogens is 181 g/mol. The van der Waals surface area contributed by atoms with Gasteiger partial charge in [-0.1, -0.05) is 5.16 Å². The quantitative estimate of drug-likeness (QED) is 0.485. The van der Waals surface area contributed by atoms with Crippen molar-refractivity contribution < 1.29 is 9.55 Å². The van der Waals surface area contributed by atoms with E-state index < -0.39 is 7.05 Å². The number of hydrogen-bond donors (Lipinski definition) is 3. The van der Waals surface area contributed by atoms with E-state index in [1.54, 1.807) is 25.0 Å². The third kappa shape index (κ3) is 1.51. The van der Waals surface area contributed by atoms with Gasteiger partial charge in [0.2, 0.25) is 0 Å². The third-order valence-corrected chi connectivity index (χ3v) is 1.84. The van der Waals surface area contributed by atoms with E-state index in [2.05, 4.69) is 10.4 Å². The normalized spacial score (nSPS) is 10.4. The van der Waals surface area contributed by atoms with Crippen molar-refractivity contribution in [2.24, 2.45) is 0 Å². The Bertz CT molecular complexity index is 455. The smallest absolute Gasteiger partial charge is 0.408 e. The van der Waals surface area contributed by atoms with Crippen LogP contribution in [-0.4, -0.2) is 17.2 Å². The molecule has 1 aromatic carbocycles. The van der Waals surface area contributed by atoms with Gasteiger partial charge in [-0.3, -0.25) is 0 Å². The summed E-state index contributed by atoms with van der Waals surface area (Å²) in [6, 6.07) is 5.22. The Balaban J connectivity index is 2.50. The zero-order valence-corrected chi connectivity index (χ0v) is 7.69. The van der Waals surface area contributed by atoms with Crippen molar-refractivity contribution in [2.45, 2.75) is 6.82 Å². The Morgan fingerprint density at radius 1 is 1.57 bits per heavy atom. The molecule has 0 atom stereocenters. The molecule has 4 N–H and O–H groups in total. The molecule has 0 aliphatic rings. The van der Waals surface area contributed by atoms with Crippen LogP contribution in [0, 0.1) is 0 Å². The van der Waals surface area contributed by atoms with E-state index >= 15 is 0 Å². The summed E-state index contributed by atoms with van der Waals surface area (Å²) in [5.74, 6) is 0.502. The zero-order chi connectivity index (χ0) is 10.1. The molecule has 0 spiro atoms. The van der Waals surface area contributed by atoms with Crippen molar-refractivity contribution in [2.75, 3.05) is 11.0 Å². The van der Waals surface area contributed by atoms with Gasteiger partial charge in [0.05, 0.1) is 5.39 Å². The number of fused-ring (bicyclic) bond motifs is 1. The molecule has 72 valence electrons. The first-order valence-corrected chi connectivity index (χ1v) is 4.26. The summed E-state index contributed by atoms with van der Waals surface area (Å²) in [7, 11) is -0.676. The van der Waals surface area contributed by atoms with Gasteiger partial charge >= 0.3 is 7.05 Å². The zero-order valence-electron chi connectivity index (χ0n) is 7.69. The molecule has 0 radical (unpaired) electrons. The highest BCUT2D eigenvalue weighted by Gasteiger charge is 2.11. The Morgan fingerprint density at radius 2 is 2.36 bits per heavy atom. The number of benzene rings is 1. The van der Waals surface area contributed by atoms with E-state index in [9.17, 15) is 0 Å². The van der Waals surface area contributed by atoms with Crippen LogP contribution in [0.1, 0.15) is 0 Å². The number of aromatic nitrogens is 1. The fourth-order valence-corrected chi connectivity index (χ4v) is 1.26. The van der Waals surface area contributed by atoms with Crippen molar-refractivity contribution in [3.63, 3.8) is 0 Å². The summed E-state index contributed by atoms with van der Waals surface area (Å²) in [5.41, 5.74) is 6.90. The molecule has 0 aliphatic carbocycles. The molecular formula is C8H10BN3O2. The SMILES string of the molecule is CB(O)Nc1noc2ccc(N)cc12. The molecule has 1 aromatic heterocycles. The molecule has 14 heavy (non-hydrogen) atoms. The topological polar surface area (TPSA) is 84.3 Å². The van der Waals surface area contributed by atoms with Crippen molar-refractivity contribution >= 4 is 29.5 Å². The van der Waals surface area contributed by atoms with Gasteiger partial charge in [-0.05, 0) is 25.0 Å². The summed E-state index contributed by atoms with van der Waals surface area (Å²) in [6.45, 7) is 1.60. The molecule has 0 aliphatic heterocycles. The van der Waals surface area contributed by atoms with E-state index in [0.717, 1.165) is 5.39 Å². The molecule has 5 nitrogen and oxygen atoms in total. The van der Waals surface area contributed by atoms with E-state index in [4.69, 9.17) is 15.3 Å². The Hall–Kier alpha value is -1.69. The second-order valence-electron chi connectivity index (χ2n) is 3.11. The van der Waals surface area contributed by atoms with Crippen LogP contribution >= 0.6 is 0 Å². The first-order valence-electron chi connectivity index (χ1n) is 4.26. The van der Waals surface area contributed by atoms with Gasteiger partial charge in [0.15, 0.2) is 11.4 Å². The van der Waals surface area contributed by atoms with Gasteiger partial charge in [0.1, 0.15) is 0 Å². The van der Waals surface area contributed by atoms with Crippen molar-refractivity contribution in [3.05, 3.63) is 18.2 Å². The van der Waals surface area contributed by atoms with Gasteiger partial charge in [-0.2, -0.15) is 0 Å². The van der Waals surface area contributed by atoms with Crippen LogP contribution in [0.15, 0.2) is 22.7 Å². The fourth-order valence-electron chi connectivity index (χ4n) is 1.26. The lowest BCUT2D eigenvalue weighted by atomic mass is 9.89. The van der Waals surface area contributed by atoms with Crippen molar-refractivity contribution in [3.8, 4) is 0 Å². The lowest BCUT2D eigenvalue weighted by Gasteiger charge is -2.00. The van der Waals surface area contributed by atoms with Crippen LogP contribution in [-0.2, 0) is 0 Å². The second kappa shape index (κ2) is 3.23. The van der Waals surface area contributed by atoms with Crippen LogP contribution in [0.25, 0.3) is 11.0 Å². The highest BCUT2D eigenvalue weighted by atomic mass is 16.5. The Labute approximate surface area is 81.0 Å². The van der Waals surface area contributed by atoms with Crippen molar-refractivity contribution in [1.82, 2.24) is 5.16 Å². The predicted octanol–water partition coefficient (Wildman–Crippen LogP) is 0.932. The first kappa shape index (κ1) is 8.89. The number of rotatable bonds is 2. The molecule has 0 unspecified atom stereocenters. The number of nitrogens with zero attached hydrogens (tertiary/aromatic N) is 1. The van der Waals surface area contributed by atoms with Gasteiger partial charge in [-0.25, -0.2) is 0 Å². The van der Waals surface area contributed by atoms with Crippen LogP contribution in [0.5, 0.6) is 0 Å². The van der Waals surface area contributed by atoms with Gasteiger partial charge < -0.3 is 20.5 Å². The first-order chi connectivity index (χ1) is 6.66. The van der Waals surface area contributed by atoms with Crippen LogP contribution in [0.4, 0.5) is 11.5 Å². The van der Waals surface area contributed by atoms with E-state index in [-0.39, 0.29) is 0 Å². The maximum Gasteiger partial charge on any atom is 0.408 e. The molecule has 2 rings (SSSR count). The number of nitrogens with two attached hydrogens (primary N) is 1. The van der Waals surface area contributed by atoms with Crippen LogP contribution in [0.2, 0.25) is 6.82 Å². The van der Waals surface area contributed by atoms with Gasteiger partial charge in [-0.15, -0.1) is 0 Å². The fraction of sp³-hybridized carbons (Fsp3) is 0.125. The summed E-state index contributed by atoms with van der Waals surface area (Å²) < 4.78 is 5.03. The average Bonchev–Trinajstić information content (AvgIpc) is 2.47. The minimum atomic E-state index is -0.676. The maximum absolute atomic E-state index is 9.13.